The molecular weight excluding hydrogens is 805 g/mol. The van der Waals surface area contributed by atoms with Crippen LogP contribution in [0.25, 0.3) is 0 Å². The fourth-order valence-electron chi connectivity index (χ4n) is 9.73. The fourth-order valence-corrected chi connectivity index (χ4v) is 9.73. The van der Waals surface area contributed by atoms with Crippen LogP contribution in [0.15, 0.2) is 30.3 Å². The highest BCUT2D eigenvalue weighted by Crippen LogP contribution is 2.41. The van der Waals surface area contributed by atoms with Crippen molar-refractivity contribution in [2.45, 2.75) is 185 Å². The van der Waals surface area contributed by atoms with Gasteiger partial charge in [-0.05, 0) is 107 Å². The molecule has 18 atom stereocenters. The first kappa shape index (κ1) is 51.9. The number of amides is 1. The van der Waals surface area contributed by atoms with E-state index in [2.05, 4.69) is 10.9 Å². The number of carbonyl (C=O) groups excluding carboxylic acids is 2. The molecule has 0 spiro atoms. The number of nitrogens with zero attached hydrogens (tertiary/aromatic N) is 2. The molecule has 3 saturated heterocycles. The molecule has 356 valence electrons. The molecule has 6 N–H and O–H groups in total. The number of esters is 1. The average molecular weight is 883 g/mol. The third kappa shape index (κ3) is 12.4. The van der Waals surface area contributed by atoms with Crippen molar-refractivity contribution in [3.8, 4) is 0 Å². The fraction of sp³-hybridized carbons (Fsp3) is 0.822. The number of methoxy groups -OCH3 is 1. The van der Waals surface area contributed by atoms with E-state index in [0.29, 0.717) is 18.7 Å². The summed E-state index contributed by atoms with van der Waals surface area (Å²) in [5.41, 5.74) is 1.43. The Hall–Kier alpha value is -2.68. The van der Waals surface area contributed by atoms with Crippen LogP contribution in [0, 0.1) is 17.8 Å². The lowest BCUT2D eigenvalue weighted by atomic mass is 9.77. The SMILES string of the molecule is CC[C@H]1OC(=O)[C@H](C)[C@@H](O[C@H]2C[C@@](C)(OC)[C@@H](OC(=O)NNc3ccccc3)[C@H](C)O2)[C@H](C)[C@@H](O[C@@H]2O[C@H](C)C[C@H](N(C)C)[C@H]2O)[C@](C)(O)C[C@@H](C)CN(C)[C@H](C)[C@@H](O)[C@]1(C)O. The second-order valence-electron chi connectivity index (χ2n) is 19.2. The molecule has 62 heavy (non-hydrogen) atoms. The number of benzene rings is 1. The Balaban J connectivity index is 1.75. The monoisotopic (exact) mass is 883 g/mol. The number of nitrogens with one attached hydrogen (secondary N) is 2. The number of cyclic esters (lactones) is 1. The van der Waals surface area contributed by atoms with Crippen molar-refractivity contribution in [1.82, 2.24) is 15.2 Å². The number of hydrogen-bond donors (Lipinski definition) is 6. The van der Waals surface area contributed by atoms with Gasteiger partial charge in [-0.15, -0.1) is 0 Å². The maximum atomic E-state index is 14.5. The minimum absolute atomic E-state index is 0.0526. The maximum absolute atomic E-state index is 14.5. The van der Waals surface area contributed by atoms with Crippen molar-refractivity contribution in [2.24, 2.45) is 17.8 Å². The first-order chi connectivity index (χ1) is 28.9. The van der Waals surface area contributed by atoms with Gasteiger partial charge in [0.2, 0.25) is 0 Å². The quantitative estimate of drug-likeness (QED) is 0.146. The normalized spacial score (nSPS) is 43.2. The van der Waals surface area contributed by atoms with Crippen molar-refractivity contribution in [3.63, 3.8) is 0 Å². The molecule has 1 amide bonds. The molecule has 17 heteroatoms. The van der Waals surface area contributed by atoms with Gasteiger partial charge in [0.25, 0.3) is 0 Å². The molecule has 3 aliphatic heterocycles. The number of aliphatic hydroxyl groups excluding tert-OH is 2. The molecule has 17 nitrogen and oxygen atoms in total. The van der Waals surface area contributed by atoms with Gasteiger partial charge in [0.05, 0.1) is 41.6 Å². The summed E-state index contributed by atoms with van der Waals surface area (Å²) < 4.78 is 44.3. The van der Waals surface area contributed by atoms with Crippen molar-refractivity contribution in [1.29, 1.82) is 0 Å². The summed E-state index contributed by atoms with van der Waals surface area (Å²) in [4.78, 5) is 31.3. The molecule has 3 heterocycles. The van der Waals surface area contributed by atoms with Crippen LogP contribution in [0.1, 0.15) is 94.9 Å². The minimum Gasteiger partial charge on any atom is -0.459 e. The van der Waals surface area contributed by atoms with E-state index >= 15 is 0 Å². The van der Waals surface area contributed by atoms with Crippen LogP contribution in [0.4, 0.5) is 10.5 Å². The van der Waals surface area contributed by atoms with Gasteiger partial charge < -0.3 is 63.4 Å². The topological polar surface area (TPSA) is 210 Å². The zero-order valence-corrected chi connectivity index (χ0v) is 39.4. The predicted octanol–water partition coefficient (Wildman–Crippen LogP) is 3.66. The molecule has 0 aromatic heterocycles. The number of hydrazine groups is 1. The van der Waals surface area contributed by atoms with Gasteiger partial charge in [0, 0.05) is 38.1 Å². The molecule has 0 saturated carbocycles. The Labute approximate surface area is 369 Å². The Kier molecular flexibility index (Phi) is 18.0. The number of hydrogen-bond acceptors (Lipinski definition) is 16. The lowest BCUT2D eigenvalue weighted by molar-refractivity contribution is -0.317. The van der Waals surface area contributed by atoms with Gasteiger partial charge in [-0.1, -0.05) is 39.0 Å². The Bertz CT molecular complexity index is 1570. The van der Waals surface area contributed by atoms with Gasteiger partial charge in [-0.3, -0.25) is 10.2 Å². The van der Waals surface area contributed by atoms with Crippen LogP contribution in [0.2, 0.25) is 0 Å². The van der Waals surface area contributed by atoms with E-state index in [1.165, 1.54) is 14.0 Å². The standard InChI is InChI=1S/C45H78N4O13/c1-15-33-45(10,55)37(51)29(6)49(13)24-25(2)22-43(8,54)38(61-41-35(50)32(48(11)12)21-26(3)57-41)27(4)36(28(5)40(52)59-33)60-34-23-44(9,56-14)39(30(7)58-34)62-42(53)47-46-31-19-17-16-18-20-31/h16-20,25-30,32-39,41,46,50-51,54-55H,15,21-24H2,1-14H3,(H,47,53)/t25-,26-,27+,28-,29-,30+,32+,33-,34+,35-,36+,37-,38-,39+,41+,43-,44-,45-/m1/s1. The van der Waals surface area contributed by atoms with Crippen LogP contribution < -0.4 is 10.9 Å². The Morgan fingerprint density at radius 3 is 2.21 bits per heavy atom. The Morgan fingerprint density at radius 1 is 0.968 bits per heavy atom. The van der Waals surface area contributed by atoms with Crippen molar-refractivity contribution in [2.75, 3.05) is 40.2 Å². The minimum atomic E-state index is -1.84. The molecule has 1 aromatic carbocycles. The number of ether oxygens (including phenoxy) is 7. The molecule has 4 rings (SSSR count). The van der Waals surface area contributed by atoms with Gasteiger partial charge in [-0.25, -0.2) is 10.2 Å². The second-order valence-corrected chi connectivity index (χ2v) is 19.2. The van der Waals surface area contributed by atoms with Gasteiger partial charge in [-0.2, -0.15) is 0 Å². The van der Waals surface area contributed by atoms with E-state index in [-0.39, 0.29) is 37.3 Å². The van der Waals surface area contributed by atoms with Crippen molar-refractivity contribution < 1.29 is 63.2 Å². The summed E-state index contributed by atoms with van der Waals surface area (Å²) in [6.45, 7) is 18.0. The van der Waals surface area contributed by atoms with Crippen LogP contribution in [0.3, 0.4) is 0 Å². The van der Waals surface area contributed by atoms with Gasteiger partial charge in [0.15, 0.2) is 18.7 Å². The molecule has 0 unspecified atom stereocenters. The molecule has 0 aliphatic carbocycles. The lowest BCUT2D eigenvalue weighted by Gasteiger charge is -2.49. The van der Waals surface area contributed by atoms with Crippen molar-refractivity contribution in [3.05, 3.63) is 30.3 Å². The third-order valence-corrected chi connectivity index (χ3v) is 13.5. The number of rotatable bonds is 10. The van der Waals surface area contributed by atoms with Crippen LogP contribution >= 0.6 is 0 Å². The predicted molar refractivity (Wildman–Crippen MR) is 232 cm³/mol. The van der Waals surface area contributed by atoms with E-state index in [1.54, 1.807) is 53.7 Å². The number of carbonyl (C=O) groups is 2. The summed E-state index contributed by atoms with van der Waals surface area (Å²) in [6, 6.07) is 8.19. The van der Waals surface area contributed by atoms with E-state index < -0.39 is 102 Å². The van der Waals surface area contributed by atoms with E-state index in [9.17, 15) is 30.0 Å². The molecule has 1 aromatic rings. The summed E-state index contributed by atoms with van der Waals surface area (Å²) in [7, 11) is 7.09. The molecule has 0 radical (unpaired) electrons. The number of likely N-dealkylation sites (N-methyl/N-ethyl adjacent to an activating group) is 2. The van der Waals surface area contributed by atoms with Crippen LogP contribution in [-0.4, -0.2) is 167 Å². The third-order valence-electron chi connectivity index (χ3n) is 13.5. The van der Waals surface area contributed by atoms with E-state index in [1.807, 2.05) is 69.9 Å². The molecule has 3 aliphatic rings. The highest BCUT2D eigenvalue weighted by Gasteiger charge is 2.53. The van der Waals surface area contributed by atoms with Gasteiger partial charge in [0.1, 0.15) is 29.5 Å². The molecule has 0 bridgehead atoms. The zero-order chi connectivity index (χ0) is 46.5. The van der Waals surface area contributed by atoms with Crippen LogP contribution in [-0.2, 0) is 38.0 Å². The maximum Gasteiger partial charge on any atom is 0.426 e. The second kappa shape index (κ2) is 21.5. The van der Waals surface area contributed by atoms with Crippen LogP contribution in [0.5, 0.6) is 0 Å². The summed E-state index contributed by atoms with van der Waals surface area (Å²) in [5.74, 6) is -2.78. The number of para-hydroxylation sites is 1. The lowest BCUT2D eigenvalue weighted by Crippen LogP contribution is -2.61. The first-order valence-electron chi connectivity index (χ1n) is 22.2. The zero-order valence-electron chi connectivity index (χ0n) is 39.4. The summed E-state index contributed by atoms with van der Waals surface area (Å²) in [5, 5.41) is 47.8. The smallest absolute Gasteiger partial charge is 0.426 e. The molecular formula is C45H78N4O13. The average Bonchev–Trinajstić information content (AvgIpc) is 3.20. The summed E-state index contributed by atoms with van der Waals surface area (Å²) >= 11 is 0. The number of aliphatic hydroxyl groups is 4. The molecule has 3 fully saturated rings. The van der Waals surface area contributed by atoms with E-state index in [0.717, 1.165) is 0 Å². The first-order valence-corrected chi connectivity index (χ1v) is 22.2. The van der Waals surface area contributed by atoms with E-state index in [4.69, 9.17) is 33.2 Å². The highest BCUT2D eigenvalue weighted by molar-refractivity contribution is 5.73. The Morgan fingerprint density at radius 2 is 1.61 bits per heavy atom. The largest absolute Gasteiger partial charge is 0.459 e. The number of anilines is 1. The van der Waals surface area contributed by atoms with Gasteiger partial charge >= 0.3 is 12.1 Å². The van der Waals surface area contributed by atoms with Crippen molar-refractivity contribution >= 4 is 17.7 Å². The summed E-state index contributed by atoms with van der Waals surface area (Å²) in [6.07, 6.45) is -9.58. The highest BCUT2D eigenvalue weighted by atomic mass is 16.7.